The third kappa shape index (κ3) is 2.71. The number of halogens is 2. The highest BCUT2D eigenvalue weighted by molar-refractivity contribution is 6.31. The van der Waals surface area contributed by atoms with E-state index in [-0.39, 0.29) is 22.1 Å². The number of hydrogen-bond donors (Lipinski definition) is 0. The first kappa shape index (κ1) is 15.0. The van der Waals surface area contributed by atoms with Crippen molar-refractivity contribution in [3.8, 4) is 6.07 Å². The Kier molecular flexibility index (Phi) is 4.15. The fourth-order valence-electron chi connectivity index (χ4n) is 3.08. The van der Waals surface area contributed by atoms with Gasteiger partial charge >= 0.3 is 0 Å². The van der Waals surface area contributed by atoms with E-state index in [4.69, 9.17) is 11.6 Å². The van der Waals surface area contributed by atoms with Crippen molar-refractivity contribution in [2.24, 2.45) is 11.3 Å². The summed E-state index contributed by atoms with van der Waals surface area (Å²) in [5.41, 5.74) is 0.321. The van der Waals surface area contributed by atoms with Gasteiger partial charge in [-0.2, -0.15) is 5.26 Å². The van der Waals surface area contributed by atoms with Gasteiger partial charge in [0.2, 0.25) is 0 Å². The molecule has 2 rings (SSSR count). The van der Waals surface area contributed by atoms with Gasteiger partial charge in [-0.25, -0.2) is 4.39 Å². The van der Waals surface area contributed by atoms with E-state index < -0.39 is 11.7 Å². The summed E-state index contributed by atoms with van der Waals surface area (Å²) in [6.45, 7) is 4.12. The average molecular weight is 294 g/mol. The van der Waals surface area contributed by atoms with E-state index in [1.807, 2.05) is 6.07 Å². The van der Waals surface area contributed by atoms with Crippen LogP contribution >= 0.6 is 11.6 Å². The molecular formula is C16H17ClFNO. The third-order valence-electron chi connectivity index (χ3n) is 4.29. The highest BCUT2D eigenvalue weighted by Gasteiger charge is 2.42. The predicted octanol–water partition coefficient (Wildman–Crippen LogP) is 4.48. The molecule has 0 radical (unpaired) electrons. The molecule has 1 aromatic rings. The number of Topliss-reactive ketones (excluding diaryl/α,β-unsaturated/α-hetero) is 1. The topological polar surface area (TPSA) is 40.9 Å². The summed E-state index contributed by atoms with van der Waals surface area (Å²) in [5, 5.41) is 9.49. The van der Waals surface area contributed by atoms with Crippen LogP contribution in [0.1, 0.15) is 44.6 Å². The number of carbonyl (C=O) groups is 1. The predicted molar refractivity (Wildman–Crippen MR) is 75.9 cm³/mol. The Balaban J connectivity index is 2.33. The molecule has 0 saturated heterocycles. The van der Waals surface area contributed by atoms with Gasteiger partial charge in [0, 0.05) is 10.9 Å². The Morgan fingerprint density at radius 2 is 2.25 bits per heavy atom. The van der Waals surface area contributed by atoms with Crippen molar-refractivity contribution in [1.82, 2.24) is 0 Å². The quantitative estimate of drug-likeness (QED) is 0.824. The molecule has 0 spiro atoms. The summed E-state index contributed by atoms with van der Waals surface area (Å²) in [6, 6.07) is 5.85. The molecule has 2 atom stereocenters. The van der Waals surface area contributed by atoms with E-state index >= 15 is 0 Å². The van der Waals surface area contributed by atoms with Crippen molar-refractivity contribution < 1.29 is 9.18 Å². The molecule has 0 amide bonds. The van der Waals surface area contributed by atoms with Crippen molar-refractivity contribution >= 4 is 17.4 Å². The van der Waals surface area contributed by atoms with Crippen LogP contribution in [-0.2, 0) is 4.79 Å². The molecule has 2 unspecified atom stereocenters. The minimum absolute atomic E-state index is 0.0846. The molecule has 4 heteroatoms. The third-order valence-corrected chi connectivity index (χ3v) is 4.62. The van der Waals surface area contributed by atoms with Crippen molar-refractivity contribution in [3.05, 3.63) is 34.6 Å². The molecule has 0 aromatic heterocycles. The summed E-state index contributed by atoms with van der Waals surface area (Å²) in [5.74, 6) is -1.61. The molecule has 20 heavy (non-hydrogen) atoms. The number of nitriles is 1. The summed E-state index contributed by atoms with van der Waals surface area (Å²) in [6.07, 6.45) is 2.79. The van der Waals surface area contributed by atoms with Crippen LogP contribution in [0.5, 0.6) is 0 Å². The summed E-state index contributed by atoms with van der Waals surface area (Å²) >= 11 is 5.98. The molecule has 1 aliphatic carbocycles. The molecule has 0 aliphatic heterocycles. The van der Waals surface area contributed by atoms with Gasteiger partial charge in [-0.05, 0) is 36.0 Å². The number of ketones is 1. The first-order valence-electron chi connectivity index (χ1n) is 6.75. The fraction of sp³-hybridized carbons (Fsp3) is 0.500. The van der Waals surface area contributed by atoms with E-state index in [1.165, 1.54) is 12.1 Å². The van der Waals surface area contributed by atoms with Gasteiger partial charge in [0.15, 0.2) is 5.78 Å². The highest BCUT2D eigenvalue weighted by atomic mass is 35.5. The van der Waals surface area contributed by atoms with Crippen LogP contribution < -0.4 is 0 Å². The fourth-order valence-corrected chi connectivity index (χ4v) is 3.35. The molecule has 0 N–H and O–H groups in total. The minimum Gasteiger partial charge on any atom is -0.298 e. The van der Waals surface area contributed by atoms with E-state index in [0.29, 0.717) is 5.56 Å². The van der Waals surface area contributed by atoms with Crippen LogP contribution in [0.15, 0.2) is 18.2 Å². The lowest BCUT2D eigenvalue weighted by Gasteiger charge is -2.27. The van der Waals surface area contributed by atoms with Gasteiger partial charge in [-0.1, -0.05) is 37.9 Å². The molecule has 1 aromatic carbocycles. The summed E-state index contributed by atoms with van der Waals surface area (Å²) in [7, 11) is 0. The number of benzene rings is 1. The van der Waals surface area contributed by atoms with E-state index in [2.05, 4.69) is 13.8 Å². The van der Waals surface area contributed by atoms with Crippen LogP contribution in [0.25, 0.3) is 0 Å². The second-order valence-corrected chi connectivity index (χ2v) is 6.47. The minimum atomic E-state index is -0.912. The molecule has 1 saturated carbocycles. The van der Waals surface area contributed by atoms with Gasteiger partial charge in [-0.3, -0.25) is 4.79 Å². The SMILES string of the molecule is CC1(C)CCCC1C(=O)C(C#N)c1ccc(F)cc1Cl. The smallest absolute Gasteiger partial charge is 0.158 e. The van der Waals surface area contributed by atoms with Crippen molar-refractivity contribution in [2.75, 3.05) is 0 Å². The van der Waals surface area contributed by atoms with E-state index in [0.717, 1.165) is 25.3 Å². The normalized spacial score (nSPS) is 22.2. The van der Waals surface area contributed by atoms with Crippen LogP contribution in [0.3, 0.4) is 0 Å². The second kappa shape index (κ2) is 5.54. The summed E-state index contributed by atoms with van der Waals surface area (Å²) < 4.78 is 13.1. The van der Waals surface area contributed by atoms with Crippen LogP contribution in [0.2, 0.25) is 5.02 Å². The zero-order valence-corrected chi connectivity index (χ0v) is 12.4. The molecule has 0 bridgehead atoms. The standard InChI is InChI=1S/C16H17ClFNO/c1-16(2)7-3-4-13(16)15(20)12(9-19)11-6-5-10(18)8-14(11)17/h5-6,8,12-13H,3-4,7H2,1-2H3. The molecule has 0 heterocycles. The second-order valence-electron chi connectivity index (χ2n) is 6.06. The maximum Gasteiger partial charge on any atom is 0.158 e. The Hall–Kier alpha value is -1.40. The number of hydrogen-bond acceptors (Lipinski definition) is 2. The molecular weight excluding hydrogens is 277 g/mol. The zero-order chi connectivity index (χ0) is 14.9. The Morgan fingerprint density at radius 1 is 1.55 bits per heavy atom. The van der Waals surface area contributed by atoms with Gasteiger partial charge in [-0.15, -0.1) is 0 Å². The first-order chi connectivity index (χ1) is 9.36. The van der Waals surface area contributed by atoms with Crippen molar-refractivity contribution in [2.45, 2.75) is 39.0 Å². The Morgan fingerprint density at radius 3 is 2.75 bits per heavy atom. The molecule has 106 valence electrons. The largest absolute Gasteiger partial charge is 0.298 e. The lowest BCUT2D eigenvalue weighted by molar-refractivity contribution is -0.125. The molecule has 2 nitrogen and oxygen atoms in total. The van der Waals surface area contributed by atoms with Crippen molar-refractivity contribution in [1.29, 1.82) is 5.26 Å². The monoisotopic (exact) mass is 293 g/mol. The maximum absolute atomic E-state index is 13.1. The zero-order valence-electron chi connectivity index (χ0n) is 11.6. The van der Waals surface area contributed by atoms with Gasteiger partial charge in [0.25, 0.3) is 0 Å². The van der Waals surface area contributed by atoms with Gasteiger partial charge < -0.3 is 0 Å². The molecule has 1 fully saturated rings. The Bertz CT molecular complexity index is 576. The first-order valence-corrected chi connectivity index (χ1v) is 7.13. The summed E-state index contributed by atoms with van der Waals surface area (Å²) in [4.78, 5) is 12.7. The van der Waals surface area contributed by atoms with Crippen LogP contribution in [0, 0.1) is 28.5 Å². The van der Waals surface area contributed by atoms with E-state index in [1.54, 1.807) is 0 Å². The molecule has 1 aliphatic rings. The van der Waals surface area contributed by atoms with Gasteiger partial charge in [0.1, 0.15) is 11.7 Å². The number of carbonyl (C=O) groups excluding carboxylic acids is 1. The van der Waals surface area contributed by atoms with Gasteiger partial charge in [0.05, 0.1) is 6.07 Å². The van der Waals surface area contributed by atoms with Crippen molar-refractivity contribution in [3.63, 3.8) is 0 Å². The average Bonchev–Trinajstić information content (AvgIpc) is 2.72. The van der Waals surface area contributed by atoms with Crippen LogP contribution in [0.4, 0.5) is 4.39 Å². The number of nitrogens with zero attached hydrogens (tertiary/aromatic N) is 1. The lowest BCUT2D eigenvalue weighted by Crippen LogP contribution is -2.29. The Labute approximate surface area is 123 Å². The highest BCUT2D eigenvalue weighted by Crippen LogP contribution is 2.45. The lowest BCUT2D eigenvalue weighted by atomic mass is 9.75. The van der Waals surface area contributed by atoms with Crippen LogP contribution in [-0.4, -0.2) is 5.78 Å². The number of rotatable bonds is 3. The van der Waals surface area contributed by atoms with E-state index in [9.17, 15) is 14.4 Å². The maximum atomic E-state index is 13.1.